The van der Waals surface area contributed by atoms with Gasteiger partial charge < -0.3 is 20.1 Å². The van der Waals surface area contributed by atoms with Crippen LogP contribution in [0.15, 0.2) is 42.5 Å². The van der Waals surface area contributed by atoms with E-state index in [4.69, 9.17) is 9.47 Å². The molecule has 2 aromatic carbocycles. The molecule has 0 radical (unpaired) electrons. The number of benzene rings is 2. The number of nitrogens with one attached hydrogen (secondary N) is 2. The fourth-order valence-electron chi connectivity index (χ4n) is 3.49. The average molecular weight is 338 g/mol. The van der Waals surface area contributed by atoms with E-state index in [0.717, 1.165) is 23.6 Å². The highest BCUT2D eigenvalue weighted by molar-refractivity contribution is 5.80. The Morgan fingerprint density at radius 1 is 1.12 bits per heavy atom. The van der Waals surface area contributed by atoms with Crippen molar-refractivity contribution in [1.82, 2.24) is 10.6 Å². The Labute approximate surface area is 147 Å². The molecule has 0 bridgehead atoms. The zero-order chi connectivity index (χ0) is 17.2. The van der Waals surface area contributed by atoms with Gasteiger partial charge >= 0.3 is 0 Å². The smallest absolute Gasteiger partial charge is 0.231 e. The average Bonchev–Trinajstić information content (AvgIpc) is 3.29. The number of aryl methyl sites for hydroxylation is 1. The van der Waals surface area contributed by atoms with Gasteiger partial charge in [-0.15, -0.1) is 0 Å². The van der Waals surface area contributed by atoms with Crippen LogP contribution < -0.4 is 20.1 Å². The normalized spacial score (nSPS) is 21.3. The molecule has 2 N–H and O–H groups in total. The molecule has 2 aromatic rings. The van der Waals surface area contributed by atoms with Gasteiger partial charge in [-0.05, 0) is 30.2 Å². The Balaban J connectivity index is 1.41. The molecule has 25 heavy (non-hydrogen) atoms. The highest BCUT2D eigenvalue weighted by Crippen LogP contribution is 2.32. The minimum atomic E-state index is -0.0447. The molecular formula is C20H22N2O3. The molecule has 4 rings (SSSR count). The number of amides is 1. The van der Waals surface area contributed by atoms with Gasteiger partial charge in [0.1, 0.15) is 0 Å². The quantitative estimate of drug-likeness (QED) is 0.898. The lowest BCUT2D eigenvalue weighted by molar-refractivity contribution is -0.125. The summed E-state index contributed by atoms with van der Waals surface area (Å²) in [5, 5.41) is 6.42. The molecule has 5 nitrogen and oxygen atoms in total. The summed E-state index contributed by atoms with van der Waals surface area (Å²) in [5.41, 5.74) is 3.47. The van der Waals surface area contributed by atoms with Crippen molar-refractivity contribution in [2.45, 2.75) is 19.4 Å². The topological polar surface area (TPSA) is 59.6 Å². The standard InChI is InChI=1S/C20H22N2O3/c1-13-2-5-15(6-3-13)16-10-21-11-17(16)20(23)22-9-14-4-7-18-19(8-14)25-12-24-18/h2-8,16-17,21H,9-12H2,1H3,(H,22,23). The van der Waals surface area contributed by atoms with E-state index in [1.165, 1.54) is 11.1 Å². The first-order chi connectivity index (χ1) is 12.2. The van der Waals surface area contributed by atoms with Crippen molar-refractivity contribution in [3.8, 4) is 11.5 Å². The Bertz CT molecular complexity index is 773. The van der Waals surface area contributed by atoms with Crippen molar-refractivity contribution in [1.29, 1.82) is 0 Å². The SMILES string of the molecule is Cc1ccc(C2CNCC2C(=O)NCc2ccc3c(c2)OCO3)cc1. The molecule has 0 saturated carbocycles. The molecule has 130 valence electrons. The van der Waals surface area contributed by atoms with E-state index in [1.807, 2.05) is 18.2 Å². The van der Waals surface area contributed by atoms with Crippen molar-refractivity contribution < 1.29 is 14.3 Å². The van der Waals surface area contributed by atoms with E-state index < -0.39 is 0 Å². The van der Waals surface area contributed by atoms with Crippen molar-refractivity contribution >= 4 is 5.91 Å². The first-order valence-corrected chi connectivity index (χ1v) is 8.64. The van der Waals surface area contributed by atoms with Crippen LogP contribution in [0.1, 0.15) is 22.6 Å². The van der Waals surface area contributed by atoms with E-state index >= 15 is 0 Å². The molecule has 0 aliphatic carbocycles. The predicted octanol–water partition coefficient (Wildman–Crippen LogP) is 2.34. The highest BCUT2D eigenvalue weighted by Gasteiger charge is 2.33. The molecule has 2 aliphatic rings. The molecule has 2 unspecified atom stereocenters. The summed E-state index contributed by atoms with van der Waals surface area (Å²) in [6, 6.07) is 14.2. The number of ether oxygens (including phenoxy) is 2. The van der Waals surface area contributed by atoms with Crippen molar-refractivity contribution in [2.24, 2.45) is 5.92 Å². The lowest BCUT2D eigenvalue weighted by Crippen LogP contribution is -2.34. The molecule has 2 aliphatic heterocycles. The Morgan fingerprint density at radius 3 is 2.76 bits per heavy atom. The first-order valence-electron chi connectivity index (χ1n) is 8.64. The third-order valence-electron chi connectivity index (χ3n) is 4.96. The second-order valence-electron chi connectivity index (χ2n) is 6.69. The van der Waals surface area contributed by atoms with Gasteiger partial charge in [-0.25, -0.2) is 0 Å². The summed E-state index contributed by atoms with van der Waals surface area (Å²) >= 11 is 0. The molecule has 1 fully saturated rings. The maximum Gasteiger partial charge on any atom is 0.231 e. The van der Waals surface area contributed by atoms with E-state index in [2.05, 4.69) is 41.8 Å². The summed E-state index contributed by atoms with van der Waals surface area (Å²) in [6.07, 6.45) is 0. The molecule has 1 saturated heterocycles. The van der Waals surface area contributed by atoms with Crippen LogP contribution in [-0.2, 0) is 11.3 Å². The zero-order valence-corrected chi connectivity index (χ0v) is 14.2. The molecule has 1 amide bonds. The first kappa shape index (κ1) is 16.0. The van der Waals surface area contributed by atoms with Gasteiger partial charge in [0.2, 0.25) is 12.7 Å². The van der Waals surface area contributed by atoms with E-state index in [0.29, 0.717) is 13.1 Å². The van der Waals surface area contributed by atoms with Gasteiger partial charge in [-0.3, -0.25) is 4.79 Å². The second-order valence-corrected chi connectivity index (χ2v) is 6.69. The summed E-state index contributed by atoms with van der Waals surface area (Å²) in [7, 11) is 0. The fraction of sp³-hybridized carbons (Fsp3) is 0.350. The molecular weight excluding hydrogens is 316 g/mol. The third-order valence-corrected chi connectivity index (χ3v) is 4.96. The Hall–Kier alpha value is -2.53. The van der Waals surface area contributed by atoms with Crippen LogP contribution in [0.5, 0.6) is 11.5 Å². The minimum Gasteiger partial charge on any atom is -0.454 e. The van der Waals surface area contributed by atoms with Crippen LogP contribution in [0.3, 0.4) is 0 Å². The maximum absolute atomic E-state index is 12.7. The number of fused-ring (bicyclic) bond motifs is 1. The number of hydrogen-bond donors (Lipinski definition) is 2. The monoisotopic (exact) mass is 338 g/mol. The van der Waals surface area contributed by atoms with Gasteiger partial charge in [-0.2, -0.15) is 0 Å². The summed E-state index contributed by atoms with van der Waals surface area (Å²) in [5.74, 6) is 1.77. The van der Waals surface area contributed by atoms with Gasteiger partial charge in [0.25, 0.3) is 0 Å². The van der Waals surface area contributed by atoms with Crippen molar-refractivity contribution in [3.63, 3.8) is 0 Å². The van der Waals surface area contributed by atoms with Crippen molar-refractivity contribution in [3.05, 3.63) is 59.2 Å². The summed E-state index contributed by atoms with van der Waals surface area (Å²) in [4.78, 5) is 12.7. The third kappa shape index (κ3) is 3.33. The predicted molar refractivity (Wildman–Crippen MR) is 94.7 cm³/mol. The molecule has 0 spiro atoms. The van der Waals surface area contributed by atoms with Crippen LogP contribution in [0.2, 0.25) is 0 Å². The number of carbonyl (C=O) groups is 1. The minimum absolute atomic E-state index is 0.0447. The van der Waals surface area contributed by atoms with Gasteiger partial charge in [0.05, 0.1) is 5.92 Å². The van der Waals surface area contributed by atoms with E-state index in [9.17, 15) is 4.79 Å². The molecule has 5 heteroatoms. The van der Waals surface area contributed by atoms with E-state index in [-0.39, 0.29) is 24.5 Å². The summed E-state index contributed by atoms with van der Waals surface area (Å²) < 4.78 is 10.7. The van der Waals surface area contributed by atoms with Crippen molar-refractivity contribution in [2.75, 3.05) is 19.9 Å². The van der Waals surface area contributed by atoms with Gasteiger partial charge in [-0.1, -0.05) is 35.9 Å². The van der Waals surface area contributed by atoms with Gasteiger partial charge in [0.15, 0.2) is 11.5 Å². The molecule has 0 aromatic heterocycles. The lowest BCUT2D eigenvalue weighted by atomic mass is 9.88. The van der Waals surface area contributed by atoms with Crippen LogP contribution in [0.4, 0.5) is 0 Å². The van der Waals surface area contributed by atoms with Crippen LogP contribution >= 0.6 is 0 Å². The highest BCUT2D eigenvalue weighted by atomic mass is 16.7. The molecule has 2 heterocycles. The van der Waals surface area contributed by atoms with Crippen LogP contribution in [0.25, 0.3) is 0 Å². The fourth-order valence-corrected chi connectivity index (χ4v) is 3.49. The van der Waals surface area contributed by atoms with Crippen LogP contribution in [-0.4, -0.2) is 25.8 Å². The largest absolute Gasteiger partial charge is 0.454 e. The lowest BCUT2D eigenvalue weighted by Gasteiger charge is -2.19. The molecule has 2 atom stereocenters. The summed E-state index contributed by atoms with van der Waals surface area (Å²) in [6.45, 7) is 4.38. The zero-order valence-electron chi connectivity index (χ0n) is 14.2. The van der Waals surface area contributed by atoms with Crippen LogP contribution in [0, 0.1) is 12.8 Å². The van der Waals surface area contributed by atoms with Gasteiger partial charge in [0, 0.05) is 25.6 Å². The Kier molecular flexibility index (Phi) is 4.32. The number of rotatable bonds is 4. The maximum atomic E-state index is 12.7. The second kappa shape index (κ2) is 6.76. The number of carbonyl (C=O) groups excluding carboxylic acids is 1. The number of hydrogen-bond acceptors (Lipinski definition) is 4. The van der Waals surface area contributed by atoms with E-state index in [1.54, 1.807) is 0 Å². The Morgan fingerprint density at radius 2 is 1.92 bits per heavy atom.